The van der Waals surface area contributed by atoms with E-state index < -0.39 is 5.82 Å². The minimum Gasteiger partial charge on any atom is -0.383 e. The van der Waals surface area contributed by atoms with Gasteiger partial charge in [0.15, 0.2) is 11.6 Å². The van der Waals surface area contributed by atoms with E-state index in [0.717, 1.165) is 51.9 Å². The second-order valence-electron chi connectivity index (χ2n) is 9.34. The maximum atomic E-state index is 14.6. The van der Waals surface area contributed by atoms with Crippen LogP contribution in [0.4, 0.5) is 16.2 Å². The SMILES string of the molecule is CCOCCC(C)CNc1ccnc(-c2nc(NC3CCC(NC(C)COC)CC3)ncc2F)n1. The number of rotatable bonds is 14. The van der Waals surface area contributed by atoms with Crippen LogP contribution in [0.15, 0.2) is 18.5 Å². The van der Waals surface area contributed by atoms with E-state index >= 15 is 0 Å². The minimum atomic E-state index is -0.544. The number of halogens is 1. The molecule has 1 saturated carbocycles. The molecule has 0 saturated heterocycles. The molecule has 2 atom stereocenters. The molecule has 2 unspecified atom stereocenters. The Labute approximate surface area is 208 Å². The summed E-state index contributed by atoms with van der Waals surface area (Å²) in [6.45, 7) is 9.19. The van der Waals surface area contributed by atoms with Gasteiger partial charge >= 0.3 is 0 Å². The quantitative estimate of drug-likeness (QED) is 0.341. The molecule has 0 spiro atoms. The van der Waals surface area contributed by atoms with Gasteiger partial charge in [-0.1, -0.05) is 6.92 Å². The summed E-state index contributed by atoms with van der Waals surface area (Å²) >= 11 is 0. The summed E-state index contributed by atoms with van der Waals surface area (Å²) in [4.78, 5) is 17.3. The molecule has 194 valence electrons. The Morgan fingerprint density at radius 2 is 1.89 bits per heavy atom. The highest BCUT2D eigenvalue weighted by atomic mass is 19.1. The van der Waals surface area contributed by atoms with Gasteiger partial charge in [0.05, 0.1) is 12.8 Å². The predicted molar refractivity (Wildman–Crippen MR) is 136 cm³/mol. The largest absolute Gasteiger partial charge is 0.383 e. The van der Waals surface area contributed by atoms with Crippen LogP contribution in [0.1, 0.15) is 52.9 Å². The molecule has 9 nitrogen and oxygen atoms in total. The lowest BCUT2D eigenvalue weighted by Gasteiger charge is -2.31. The van der Waals surface area contributed by atoms with Crippen LogP contribution >= 0.6 is 0 Å². The number of ether oxygens (including phenoxy) is 2. The number of nitrogens with zero attached hydrogens (tertiary/aromatic N) is 4. The van der Waals surface area contributed by atoms with Crippen LogP contribution in [-0.2, 0) is 9.47 Å². The van der Waals surface area contributed by atoms with Gasteiger partial charge in [0, 0.05) is 51.2 Å². The predicted octanol–water partition coefficient (Wildman–Crippen LogP) is 3.89. The minimum absolute atomic E-state index is 0.0966. The van der Waals surface area contributed by atoms with E-state index in [4.69, 9.17) is 9.47 Å². The molecule has 0 radical (unpaired) electrons. The Bertz CT molecular complexity index is 896. The molecule has 3 N–H and O–H groups in total. The summed E-state index contributed by atoms with van der Waals surface area (Å²) in [6, 6.07) is 2.84. The summed E-state index contributed by atoms with van der Waals surface area (Å²) < 4.78 is 25.2. The molecule has 1 aliphatic rings. The van der Waals surface area contributed by atoms with Crippen molar-refractivity contribution in [3.63, 3.8) is 0 Å². The van der Waals surface area contributed by atoms with Crippen molar-refractivity contribution < 1.29 is 13.9 Å². The van der Waals surface area contributed by atoms with Crippen LogP contribution in [-0.4, -0.2) is 71.5 Å². The number of methoxy groups -OCH3 is 1. The second-order valence-corrected chi connectivity index (χ2v) is 9.34. The summed E-state index contributed by atoms with van der Waals surface area (Å²) in [7, 11) is 1.72. The van der Waals surface area contributed by atoms with Gasteiger partial charge in [0.1, 0.15) is 11.5 Å². The van der Waals surface area contributed by atoms with Crippen LogP contribution in [0.5, 0.6) is 0 Å². The van der Waals surface area contributed by atoms with Gasteiger partial charge in [-0.2, -0.15) is 0 Å². The highest BCUT2D eigenvalue weighted by molar-refractivity contribution is 5.54. The summed E-state index contributed by atoms with van der Waals surface area (Å²) in [5, 5.41) is 10.3. The first-order valence-electron chi connectivity index (χ1n) is 12.7. The van der Waals surface area contributed by atoms with Gasteiger partial charge < -0.3 is 25.4 Å². The fourth-order valence-corrected chi connectivity index (χ4v) is 4.26. The standard InChI is InChI=1S/C25H40FN7O2/c1-5-35-13-11-17(2)14-28-22-10-12-27-24(32-22)23-21(26)15-29-25(33-23)31-20-8-6-19(7-9-20)30-18(3)16-34-4/h10,12,15,17-20,30H,5-9,11,13-14,16H2,1-4H3,(H,27,28,32)(H,29,31,33). The van der Waals surface area contributed by atoms with Gasteiger partial charge in [-0.05, 0) is 57.9 Å². The van der Waals surface area contributed by atoms with Crippen molar-refractivity contribution in [2.75, 3.05) is 44.1 Å². The fraction of sp³-hybridized carbons (Fsp3) is 0.680. The van der Waals surface area contributed by atoms with Gasteiger partial charge in [-0.25, -0.2) is 24.3 Å². The van der Waals surface area contributed by atoms with E-state index in [1.165, 1.54) is 6.20 Å². The molecule has 3 rings (SSSR count). The average molecular weight is 490 g/mol. The summed E-state index contributed by atoms with van der Waals surface area (Å²) in [5.41, 5.74) is 0.0966. The fourth-order valence-electron chi connectivity index (χ4n) is 4.26. The zero-order valence-electron chi connectivity index (χ0n) is 21.4. The summed E-state index contributed by atoms with van der Waals surface area (Å²) in [5.74, 6) is 1.15. The molecule has 1 aliphatic carbocycles. The maximum absolute atomic E-state index is 14.6. The van der Waals surface area contributed by atoms with Crippen LogP contribution < -0.4 is 16.0 Å². The van der Waals surface area contributed by atoms with E-state index in [-0.39, 0.29) is 17.6 Å². The molecule has 0 bridgehead atoms. The zero-order chi connectivity index (χ0) is 25.0. The van der Waals surface area contributed by atoms with Crippen molar-refractivity contribution in [1.82, 2.24) is 25.3 Å². The molecule has 2 aromatic rings. The third-order valence-corrected chi connectivity index (χ3v) is 6.20. The molecule has 35 heavy (non-hydrogen) atoms. The van der Waals surface area contributed by atoms with Gasteiger partial charge in [0.25, 0.3) is 0 Å². The highest BCUT2D eigenvalue weighted by Gasteiger charge is 2.23. The lowest BCUT2D eigenvalue weighted by atomic mass is 9.91. The molecule has 0 aromatic carbocycles. The van der Waals surface area contributed by atoms with Crippen LogP contribution in [0.25, 0.3) is 11.5 Å². The molecule has 1 fully saturated rings. The first kappa shape index (κ1) is 27.2. The molecular formula is C25H40FN7O2. The van der Waals surface area contributed by atoms with Gasteiger partial charge in [-0.3, -0.25) is 0 Å². The monoisotopic (exact) mass is 489 g/mol. The third kappa shape index (κ3) is 8.94. The van der Waals surface area contributed by atoms with E-state index in [1.807, 2.05) is 6.92 Å². The molecule has 10 heteroatoms. The smallest absolute Gasteiger partial charge is 0.223 e. The highest BCUT2D eigenvalue weighted by Crippen LogP contribution is 2.24. The van der Waals surface area contributed by atoms with Crippen molar-refractivity contribution in [3.8, 4) is 11.5 Å². The van der Waals surface area contributed by atoms with Crippen LogP contribution in [0, 0.1) is 11.7 Å². The molecule has 2 heterocycles. The lowest BCUT2D eigenvalue weighted by molar-refractivity contribution is 0.135. The Morgan fingerprint density at radius 1 is 1.11 bits per heavy atom. The van der Waals surface area contributed by atoms with Crippen molar-refractivity contribution >= 4 is 11.8 Å². The van der Waals surface area contributed by atoms with Crippen molar-refractivity contribution in [1.29, 1.82) is 0 Å². The van der Waals surface area contributed by atoms with Crippen LogP contribution in [0.2, 0.25) is 0 Å². The van der Waals surface area contributed by atoms with Gasteiger partial charge in [-0.15, -0.1) is 0 Å². The normalized spacial score (nSPS) is 19.8. The Hall–Kier alpha value is -2.43. The van der Waals surface area contributed by atoms with Crippen molar-refractivity contribution in [2.45, 2.75) is 71.0 Å². The first-order valence-corrected chi connectivity index (χ1v) is 12.7. The molecule has 0 amide bonds. The first-order chi connectivity index (χ1) is 17.0. The molecular weight excluding hydrogens is 449 g/mol. The number of anilines is 2. The van der Waals surface area contributed by atoms with Crippen LogP contribution in [0.3, 0.4) is 0 Å². The second kappa shape index (κ2) is 14.2. The number of hydrogen-bond donors (Lipinski definition) is 3. The Balaban J connectivity index is 1.56. The van der Waals surface area contributed by atoms with Crippen molar-refractivity contribution in [2.24, 2.45) is 5.92 Å². The zero-order valence-corrected chi connectivity index (χ0v) is 21.4. The van der Waals surface area contributed by atoms with E-state index in [1.54, 1.807) is 19.4 Å². The third-order valence-electron chi connectivity index (χ3n) is 6.20. The van der Waals surface area contributed by atoms with E-state index in [2.05, 4.69) is 49.7 Å². The van der Waals surface area contributed by atoms with Crippen molar-refractivity contribution in [3.05, 3.63) is 24.3 Å². The topological polar surface area (TPSA) is 106 Å². The molecule has 2 aromatic heterocycles. The van der Waals surface area contributed by atoms with E-state index in [9.17, 15) is 4.39 Å². The van der Waals surface area contributed by atoms with E-state index in [0.29, 0.717) is 36.4 Å². The lowest BCUT2D eigenvalue weighted by Crippen LogP contribution is -2.43. The maximum Gasteiger partial charge on any atom is 0.223 e. The Morgan fingerprint density at radius 3 is 2.63 bits per heavy atom. The van der Waals surface area contributed by atoms with Gasteiger partial charge in [0.2, 0.25) is 5.95 Å². The number of aromatic nitrogens is 4. The number of nitrogens with one attached hydrogen (secondary N) is 3. The molecule has 0 aliphatic heterocycles. The average Bonchev–Trinajstić information content (AvgIpc) is 2.85. The number of hydrogen-bond acceptors (Lipinski definition) is 9. The summed E-state index contributed by atoms with van der Waals surface area (Å²) in [6.07, 6.45) is 7.85. The Kier molecular flexibility index (Phi) is 11.0.